The van der Waals surface area contributed by atoms with Gasteiger partial charge in [-0.05, 0) is 49.4 Å². The van der Waals surface area contributed by atoms with E-state index in [9.17, 15) is 14.9 Å². The number of carbonyl (C=O) groups excluding carboxylic acids is 1. The van der Waals surface area contributed by atoms with Crippen molar-refractivity contribution in [2.45, 2.75) is 6.92 Å². The number of nitro benzene ring substituents is 1. The Morgan fingerprint density at radius 3 is 2.45 bits per heavy atom. The summed E-state index contributed by atoms with van der Waals surface area (Å²) in [4.78, 5) is 27.3. The number of benzene rings is 2. The van der Waals surface area contributed by atoms with E-state index >= 15 is 0 Å². The van der Waals surface area contributed by atoms with Gasteiger partial charge in [0.25, 0.3) is 11.6 Å². The second kappa shape index (κ2) is 8.38. The van der Waals surface area contributed by atoms with Gasteiger partial charge < -0.3 is 19.3 Å². The third-order valence-corrected chi connectivity index (χ3v) is 5.85. The minimum Gasteiger partial charge on any atom is -0.454 e. The van der Waals surface area contributed by atoms with E-state index in [1.54, 1.807) is 17.9 Å². The van der Waals surface area contributed by atoms with E-state index in [4.69, 9.17) is 9.47 Å². The molecule has 3 heterocycles. The lowest BCUT2D eigenvalue weighted by molar-refractivity contribution is -0.385. The van der Waals surface area contributed by atoms with Crippen molar-refractivity contribution in [1.82, 2.24) is 15.1 Å². The van der Waals surface area contributed by atoms with Gasteiger partial charge in [-0.3, -0.25) is 14.9 Å². The minimum absolute atomic E-state index is 0.0131. The summed E-state index contributed by atoms with van der Waals surface area (Å²) in [5.74, 6) is 2.04. The third kappa shape index (κ3) is 4.02. The predicted octanol–water partition coefficient (Wildman–Crippen LogP) is 3.05. The van der Waals surface area contributed by atoms with Crippen molar-refractivity contribution < 1.29 is 19.2 Å². The SMILES string of the molecule is Cc1cc(C(=O)N2CCN(c3ccc(-c4ccc5c(c4)OCO5)nn3)CC2)ccc1[N+](=O)[O-]. The van der Waals surface area contributed by atoms with Crippen LogP contribution in [0.5, 0.6) is 11.5 Å². The molecule has 10 nitrogen and oxygen atoms in total. The minimum atomic E-state index is -0.443. The number of fused-ring (bicyclic) bond motifs is 1. The topological polar surface area (TPSA) is 111 Å². The molecule has 0 radical (unpaired) electrons. The second-order valence-electron chi connectivity index (χ2n) is 7.88. The molecule has 0 N–H and O–H groups in total. The quantitative estimate of drug-likeness (QED) is 0.443. The van der Waals surface area contributed by atoms with E-state index in [1.165, 1.54) is 12.1 Å². The van der Waals surface area contributed by atoms with Gasteiger partial charge in [0.1, 0.15) is 0 Å². The molecule has 1 fully saturated rings. The standard InChI is InChI=1S/C23H21N5O5/c1-15-12-17(2-5-19(15)28(30)31)23(29)27-10-8-26(9-11-27)22-7-4-18(24-25-22)16-3-6-20-21(13-16)33-14-32-20/h2-7,12-13H,8-11,14H2,1H3. The number of carbonyl (C=O) groups is 1. The van der Waals surface area contributed by atoms with Crippen LogP contribution in [0.4, 0.5) is 11.5 Å². The van der Waals surface area contributed by atoms with Crippen LogP contribution in [0.2, 0.25) is 0 Å². The molecule has 2 aliphatic heterocycles. The number of aromatic nitrogens is 2. The van der Waals surface area contributed by atoms with Crippen molar-refractivity contribution in [3.05, 3.63) is 69.8 Å². The Bertz CT molecular complexity index is 1220. The lowest BCUT2D eigenvalue weighted by Crippen LogP contribution is -2.49. The van der Waals surface area contributed by atoms with Crippen LogP contribution >= 0.6 is 0 Å². The van der Waals surface area contributed by atoms with Crippen molar-refractivity contribution >= 4 is 17.4 Å². The number of amides is 1. The molecule has 5 rings (SSSR count). The molecular weight excluding hydrogens is 426 g/mol. The Morgan fingerprint density at radius 2 is 1.76 bits per heavy atom. The number of hydrogen-bond donors (Lipinski definition) is 0. The van der Waals surface area contributed by atoms with Gasteiger partial charge in [-0.25, -0.2) is 0 Å². The Kier molecular flexibility index (Phi) is 5.25. The zero-order valence-corrected chi connectivity index (χ0v) is 17.9. The lowest BCUT2D eigenvalue weighted by Gasteiger charge is -2.35. The summed E-state index contributed by atoms with van der Waals surface area (Å²) in [6, 6.07) is 14.0. The van der Waals surface area contributed by atoms with E-state index in [0.717, 1.165) is 22.8 Å². The van der Waals surface area contributed by atoms with Gasteiger partial charge in [0.05, 0.1) is 10.6 Å². The third-order valence-electron chi connectivity index (χ3n) is 5.85. The monoisotopic (exact) mass is 447 g/mol. The van der Waals surface area contributed by atoms with Crippen LogP contribution in [-0.4, -0.2) is 58.9 Å². The number of ether oxygens (including phenoxy) is 2. The van der Waals surface area contributed by atoms with E-state index in [1.807, 2.05) is 30.3 Å². The van der Waals surface area contributed by atoms with Crippen LogP contribution in [0, 0.1) is 17.0 Å². The van der Waals surface area contributed by atoms with Crippen LogP contribution in [0.15, 0.2) is 48.5 Å². The summed E-state index contributed by atoms with van der Waals surface area (Å²) < 4.78 is 10.8. The molecular formula is C23H21N5O5. The molecule has 0 saturated carbocycles. The highest BCUT2D eigenvalue weighted by atomic mass is 16.7. The van der Waals surface area contributed by atoms with E-state index in [-0.39, 0.29) is 18.4 Å². The number of hydrogen-bond acceptors (Lipinski definition) is 8. The molecule has 2 aromatic carbocycles. The first-order valence-corrected chi connectivity index (χ1v) is 10.5. The van der Waals surface area contributed by atoms with Gasteiger partial charge >= 0.3 is 0 Å². The molecule has 0 unspecified atom stereocenters. The normalized spacial score (nSPS) is 14.9. The first-order valence-electron chi connectivity index (χ1n) is 10.5. The fourth-order valence-electron chi connectivity index (χ4n) is 4.02. The van der Waals surface area contributed by atoms with Gasteiger partial charge in [0, 0.05) is 48.9 Å². The highest BCUT2D eigenvalue weighted by molar-refractivity contribution is 5.95. The maximum atomic E-state index is 12.8. The second-order valence-corrected chi connectivity index (χ2v) is 7.88. The van der Waals surface area contributed by atoms with Gasteiger partial charge in [-0.2, -0.15) is 0 Å². The highest BCUT2D eigenvalue weighted by Gasteiger charge is 2.24. The number of nitrogens with zero attached hydrogens (tertiary/aromatic N) is 5. The first kappa shape index (κ1) is 20.7. The molecule has 0 spiro atoms. The van der Waals surface area contributed by atoms with Gasteiger partial charge in [-0.1, -0.05) is 0 Å². The van der Waals surface area contributed by atoms with Crippen LogP contribution in [0.25, 0.3) is 11.3 Å². The van der Waals surface area contributed by atoms with Crippen molar-refractivity contribution in [1.29, 1.82) is 0 Å². The van der Waals surface area contributed by atoms with Crippen LogP contribution in [0.1, 0.15) is 15.9 Å². The van der Waals surface area contributed by atoms with Crippen molar-refractivity contribution in [3.8, 4) is 22.8 Å². The maximum absolute atomic E-state index is 12.8. The van der Waals surface area contributed by atoms with E-state index in [0.29, 0.717) is 43.1 Å². The Balaban J connectivity index is 1.22. The molecule has 3 aromatic rings. The predicted molar refractivity (Wildman–Crippen MR) is 120 cm³/mol. The smallest absolute Gasteiger partial charge is 0.272 e. The molecule has 1 aromatic heterocycles. The summed E-state index contributed by atoms with van der Waals surface area (Å²) in [6.07, 6.45) is 0. The summed E-state index contributed by atoms with van der Waals surface area (Å²) in [7, 11) is 0. The first-order chi connectivity index (χ1) is 16.0. The average molecular weight is 447 g/mol. The summed E-state index contributed by atoms with van der Waals surface area (Å²) >= 11 is 0. The Morgan fingerprint density at radius 1 is 0.970 bits per heavy atom. The van der Waals surface area contributed by atoms with E-state index < -0.39 is 4.92 Å². The molecule has 0 aliphatic carbocycles. The zero-order valence-electron chi connectivity index (χ0n) is 17.9. The maximum Gasteiger partial charge on any atom is 0.272 e. The van der Waals surface area contributed by atoms with Crippen molar-refractivity contribution in [2.75, 3.05) is 37.9 Å². The van der Waals surface area contributed by atoms with Gasteiger partial charge in [0.2, 0.25) is 6.79 Å². The number of rotatable bonds is 4. The summed E-state index contributed by atoms with van der Waals surface area (Å²) in [5.41, 5.74) is 2.58. The number of nitro groups is 1. The Hall–Kier alpha value is -4.21. The highest BCUT2D eigenvalue weighted by Crippen LogP contribution is 2.35. The average Bonchev–Trinajstić information content (AvgIpc) is 3.31. The molecule has 0 bridgehead atoms. The molecule has 168 valence electrons. The molecule has 2 aliphatic rings. The molecule has 33 heavy (non-hydrogen) atoms. The molecule has 10 heteroatoms. The number of anilines is 1. The fraction of sp³-hybridized carbons (Fsp3) is 0.261. The zero-order chi connectivity index (χ0) is 22.9. The van der Waals surface area contributed by atoms with Crippen LogP contribution in [-0.2, 0) is 0 Å². The molecule has 1 saturated heterocycles. The molecule has 0 atom stereocenters. The van der Waals surface area contributed by atoms with Crippen molar-refractivity contribution in [2.24, 2.45) is 0 Å². The Labute approximate surface area is 189 Å². The van der Waals surface area contributed by atoms with Gasteiger partial charge in [0.15, 0.2) is 17.3 Å². The van der Waals surface area contributed by atoms with Gasteiger partial charge in [-0.15, -0.1) is 10.2 Å². The molecule has 1 amide bonds. The lowest BCUT2D eigenvalue weighted by atomic mass is 10.1. The van der Waals surface area contributed by atoms with Crippen LogP contribution < -0.4 is 14.4 Å². The number of aryl methyl sites for hydroxylation is 1. The van der Waals surface area contributed by atoms with Crippen molar-refractivity contribution in [3.63, 3.8) is 0 Å². The summed E-state index contributed by atoms with van der Waals surface area (Å²) in [6.45, 7) is 4.16. The number of piperazine rings is 1. The van der Waals surface area contributed by atoms with Crippen LogP contribution in [0.3, 0.4) is 0 Å². The largest absolute Gasteiger partial charge is 0.454 e. The summed E-state index contributed by atoms with van der Waals surface area (Å²) in [5, 5.41) is 19.7. The van der Waals surface area contributed by atoms with E-state index in [2.05, 4.69) is 15.1 Å². The fourth-order valence-corrected chi connectivity index (χ4v) is 4.02.